The van der Waals surface area contributed by atoms with Crippen LogP contribution in [-0.4, -0.2) is 6.04 Å². The molecule has 1 heterocycles. The summed E-state index contributed by atoms with van der Waals surface area (Å²) in [4.78, 5) is 0. The van der Waals surface area contributed by atoms with Crippen LogP contribution < -0.4 is 5.32 Å². The predicted octanol–water partition coefficient (Wildman–Crippen LogP) is 7.12. The molecule has 0 amide bonds. The first-order valence-corrected chi connectivity index (χ1v) is 10.6. The van der Waals surface area contributed by atoms with Crippen LogP contribution in [0.1, 0.15) is 56.7 Å². The molecule has 1 N–H and O–H groups in total. The van der Waals surface area contributed by atoms with Crippen molar-refractivity contribution in [2.75, 3.05) is 5.32 Å². The summed E-state index contributed by atoms with van der Waals surface area (Å²) in [6.45, 7) is 11.5. The SMILES string of the molecule is C=C1/C(=C\C=C/C)c2ccccc2[C@]12c1ccccc1NC(CCCC)C2C. The van der Waals surface area contributed by atoms with Gasteiger partial charge in [0.2, 0.25) is 0 Å². The average Bonchev–Trinajstić information content (AvgIpc) is 2.97. The normalized spacial score (nSPS) is 27.2. The van der Waals surface area contributed by atoms with Gasteiger partial charge in [-0.25, -0.2) is 0 Å². The van der Waals surface area contributed by atoms with E-state index in [0.717, 1.165) is 0 Å². The monoisotopic (exact) mass is 369 g/mol. The highest BCUT2D eigenvalue weighted by Gasteiger charge is 2.54. The maximum atomic E-state index is 4.71. The van der Waals surface area contributed by atoms with E-state index in [1.165, 1.54) is 52.8 Å². The largest absolute Gasteiger partial charge is 0.382 e. The molecule has 0 saturated carbocycles. The lowest BCUT2D eigenvalue weighted by molar-refractivity contribution is 0.326. The summed E-state index contributed by atoms with van der Waals surface area (Å²) in [6.07, 6.45) is 10.1. The molecule has 0 saturated heterocycles. The van der Waals surface area contributed by atoms with Crippen molar-refractivity contribution in [1.82, 2.24) is 0 Å². The molecule has 1 nitrogen and oxygen atoms in total. The maximum Gasteiger partial charge on any atom is 0.0523 e. The van der Waals surface area contributed by atoms with Crippen molar-refractivity contribution in [2.45, 2.75) is 51.5 Å². The van der Waals surface area contributed by atoms with Crippen molar-refractivity contribution in [3.8, 4) is 0 Å². The molecule has 1 spiro atoms. The molecular weight excluding hydrogens is 338 g/mol. The highest BCUT2D eigenvalue weighted by atomic mass is 15.0. The maximum absolute atomic E-state index is 4.71. The van der Waals surface area contributed by atoms with Crippen molar-refractivity contribution in [3.63, 3.8) is 0 Å². The summed E-state index contributed by atoms with van der Waals surface area (Å²) in [6, 6.07) is 18.2. The first-order chi connectivity index (χ1) is 13.7. The lowest BCUT2D eigenvalue weighted by Gasteiger charge is -2.48. The Labute approximate surface area is 169 Å². The molecule has 144 valence electrons. The number of hydrogen-bond donors (Lipinski definition) is 1. The van der Waals surface area contributed by atoms with Crippen molar-refractivity contribution in [2.24, 2.45) is 5.92 Å². The van der Waals surface area contributed by atoms with Crippen LogP contribution in [0.2, 0.25) is 0 Å². The van der Waals surface area contributed by atoms with E-state index in [1.807, 2.05) is 0 Å². The van der Waals surface area contributed by atoms with Gasteiger partial charge in [-0.1, -0.05) is 94.0 Å². The van der Waals surface area contributed by atoms with Crippen LogP contribution in [-0.2, 0) is 5.41 Å². The van der Waals surface area contributed by atoms with E-state index in [-0.39, 0.29) is 5.41 Å². The van der Waals surface area contributed by atoms with Gasteiger partial charge < -0.3 is 5.32 Å². The lowest BCUT2D eigenvalue weighted by Crippen LogP contribution is -2.48. The van der Waals surface area contributed by atoms with Gasteiger partial charge in [0.05, 0.1) is 5.41 Å². The Morgan fingerprint density at radius 3 is 2.54 bits per heavy atom. The van der Waals surface area contributed by atoms with E-state index in [2.05, 4.69) is 92.8 Å². The number of fused-ring (bicyclic) bond motifs is 4. The van der Waals surface area contributed by atoms with Gasteiger partial charge in [0.15, 0.2) is 0 Å². The van der Waals surface area contributed by atoms with Gasteiger partial charge in [0.1, 0.15) is 0 Å². The molecule has 28 heavy (non-hydrogen) atoms. The third-order valence-electron chi connectivity index (χ3n) is 6.75. The summed E-state index contributed by atoms with van der Waals surface area (Å²) in [5.74, 6) is 0.430. The molecule has 2 aromatic carbocycles. The molecule has 3 atom stereocenters. The van der Waals surface area contributed by atoms with Crippen molar-refractivity contribution in [3.05, 3.63) is 95.6 Å². The molecule has 4 rings (SSSR count). The smallest absolute Gasteiger partial charge is 0.0523 e. The Kier molecular flexibility index (Phi) is 5.02. The quantitative estimate of drug-likeness (QED) is 0.605. The number of hydrogen-bond acceptors (Lipinski definition) is 1. The number of benzene rings is 2. The predicted molar refractivity (Wildman–Crippen MR) is 122 cm³/mol. The minimum atomic E-state index is -0.162. The van der Waals surface area contributed by atoms with Crippen LogP contribution in [0.4, 0.5) is 5.69 Å². The van der Waals surface area contributed by atoms with Crippen LogP contribution in [0.3, 0.4) is 0 Å². The third-order valence-corrected chi connectivity index (χ3v) is 6.75. The van der Waals surface area contributed by atoms with Crippen molar-refractivity contribution < 1.29 is 0 Å². The summed E-state index contributed by atoms with van der Waals surface area (Å²) < 4.78 is 0. The van der Waals surface area contributed by atoms with Crippen molar-refractivity contribution >= 4 is 11.3 Å². The minimum absolute atomic E-state index is 0.162. The number of unbranched alkanes of at least 4 members (excludes halogenated alkanes) is 1. The Hall–Kier alpha value is -2.54. The second-order valence-corrected chi connectivity index (χ2v) is 8.17. The number of rotatable bonds is 4. The summed E-state index contributed by atoms with van der Waals surface area (Å²) in [7, 11) is 0. The molecule has 0 bridgehead atoms. The van der Waals surface area contributed by atoms with Gasteiger partial charge in [-0.3, -0.25) is 0 Å². The van der Waals surface area contributed by atoms with E-state index in [0.29, 0.717) is 12.0 Å². The first-order valence-electron chi connectivity index (χ1n) is 10.6. The Morgan fingerprint density at radius 2 is 1.79 bits per heavy atom. The lowest BCUT2D eigenvalue weighted by atomic mass is 9.60. The number of nitrogens with one attached hydrogen (secondary N) is 1. The van der Waals surface area contributed by atoms with Crippen molar-refractivity contribution in [1.29, 1.82) is 0 Å². The first kappa shape index (κ1) is 18.8. The summed E-state index contributed by atoms with van der Waals surface area (Å²) in [5, 5.41) is 3.87. The standard InChI is InChI=1S/C27H31N/c1-5-7-13-21-19(3)27(23-15-10-9-14-22(21)23)20(4)25(17-8-6-2)28-26-18-12-11-16-24(26)27/h5,7,9-16,18,20,25,28H,3,6,8,17H2,1-2,4H3/b7-5-,21-13+/t20?,25?,27-/m0/s1. The number of allylic oxidation sites excluding steroid dienone is 5. The Morgan fingerprint density at radius 1 is 1.07 bits per heavy atom. The molecule has 1 aliphatic carbocycles. The molecule has 0 fully saturated rings. The minimum Gasteiger partial charge on any atom is -0.382 e. The fourth-order valence-corrected chi connectivity index (χ4v) is 5.38. The second kappa shape index (κ2) is 7.47. The summed E-state index contributed by atoms with van der Waals surface area (Å²) in [5.41, 5.74) is 7.76. The van der Waals surface area contributed by atoms with E-state index >= 15 is 0 Å². The topological polar surface area (TPSA) is 12.0 Å². The van der Waals surface area contributed by atoms with E-state index in [4.69, 9.17) is 6.58 Å². The van der Waals surface area contributed by atoms with Gasteiger partial charge in [-0.15, -0.1) is 0 Å². The fraction of sp³-hybridized carbons (Fsp3) is 0.333. The van der Waals surface area contributed by atoms with E-state index < -0.39 is 0 Å². The zero-order valence-electron chi connectivity index (χ0n) is 17.3. The van der Waals surface area contributed by atoms with Gasteiger partial charge in [-0.05, 0) is 53.2 Å². The fourth-order valence-electron chi connectivity index (χ4n) is 5.38. The molecule has 1 aliphatic heterocycles. The zero-order valence-corrected chi connectivity index (χ0v) is 17.3. The Balaban J connectivity index is 1.99. The Bertz CT molecular complexity index is 948. The van der Waals surface area contributed by atoms with Gasteiger partial charge in [-0.2, -0.15) is 0 Å². The summed E-state index contributed by atoms with van der Waals surface area (Å²) >= 11 is 0. The molecule has 0 radical (unpaired) electrons. The van der Waals surface area contributed by atoms with Crippen LogP contribution in [0, 0.1) is 5.92 Å². The van der Waals surface area contributed by atoms with Gasteiger partial charge in [0, 0.05) is 11.7 Å². The van der Waals surface area contributed by atoms with Crippen LogP contribution >= 0.6 is 0 Å². The average molecular weight is 370 g/mol. The molecule has 2 aliphatic rings. The molecule has 1 heteroatoms. The highest BCUT2D eigenvalue weighted by Crippen LogP contribution is 2.60. The molecule has 2 unspecified atom stereocenters. The van der Waals surface area contributed by atoms with Crippen LogP contribution in [0.25, 0.3) is 5.57 Å². The highest BCUT2D eigenvalue weighted by molar-refractivity contribution is 5.93. The number of para-hydroxylation sites is 1. The van der Waals surface area contributed by atoms with Crippen LogP contribution in [0.5, 0.6) is 0 Å². The molecular formula is C27H31N. The number of anilines is 1. The third kappa shape index (κ3) is 2.60. The van der Waals surface area contributed by atoms with E-state index in [1.54, 1.807) is 0 Å². The van der Waals surface area contributed by atoms with E-state index in [9.17, 15) is 0 Å². The molecule has 0 aromatic heterocycles. The molecule has 2 aromatic rings. The zero-order chi connectivity index (χ0) is 19.7. The second-order valence-electron chi connectivity index (χ2n) is 8.17. The van der Waals surface area contributed by atoms with Crippen LogP contribution in [0.15, 0.2) is 78.9 Å². The van der Waals surface area contributed by atoms with Gasteiger partial charge >= 0.3 is 0 Å². The van der Waals surface area contributed by atoms with Gasteiger partial charge in [0.25, 0.3) is 0 Å².